The number of nitrogens with two attached hydrogens (primary N) is 1. The van der Waals surface area contributed by atoms with Crippen molar-refractivity contribution in [2.75, 3.05) is 5.73 Å². The van der Waals surface area contributed by atoms with Crippen LogP contribution in [0, 0.1) is 6.92 Å². The van der Waals surface area contributed by atoms with Crippen LogP contribution >= 0.6 is 0 Å². The first-order valence-electron chi connectivity index (χ1n) is 4.72. The Morgan fingerprint density at radius 1 is 1.31 bits per heavy atom. The van der Waals surface area contributed by atoms with E-state index in [4.69, 9.17) is 5.73 Å². The second-order valence-corrected chi connectivity index (χ2v) is 3.45. The molecule has 0 unspecified atom stereocenters. The average Bonchev–Trinajstić information content (AvgIpc) is 2.84. The minimum atomic E-state index is 0.545. The lowest BCUT2D eigenvalue weighted by Crippen LogP contribution is -2.06. The predicted octanol–water partition coefficient (Wildman–Crippen LogP) is 0.201. The van der Waals surface area contributed by atoms with E-state index >= 15 is 0 Å². The molecular weight excluding hydrogens is 206 g/mol. The summed E-state index contributed by atoms with van der Waals surface area (Å²) in [6.07, 6.45) is 4.76. The van der Waals surface area contributed by atoms with Crippen molar-refractivity contribution in [2.45, 2.75) is 6.92 Å². The maximum atomic E-state index is 5.63. The number of hydrogen-bond donors (Lipinski definition) is 1. The van der Waals surface area contributed by atoms with Gasteiger partial charge in [-0.3, -0.25) is 0 Å². The number of anilines is 1. The maximum absolute atomic E-state index is 5.63. The summed E-state index contributed by atoms with van der Waals surface area (Å²) in [5.41, 5.74) is 7.08. The zero-order chi connectivity index (χ0) is 11.1. The minimum absolute atomic E-state index is 0.545. The lowest BCUT2D eigenvalue weighted by atomic mass is 10.4. The van der Waals surface area contributed by atoms with E-state index in [1.54, 1.807) is 21.6 Å². The fourth-order valence-electron chi connectivity index (χ4n) is 1.54. The van der Waals surface area contributed by atoms with Gasteiger partial charge in [-0.1, -0.05) is 0 Å². The van der Waals surface area contributed by atoms with Crippen LogP contribution in [0.25, 0.3) is 11.6 Å². The Hall–Kier alpha value is -2.44. The van der Waals surface area contributed by atoms with Gasteiger partial charge in [0.15, 0.2) is 5.82 Å². The fraction of sp³-hybridized carbons (Fsp3) is 0.111. The number of rotatable bonds is 1. The Morgan fingerprint density at radius 3 is 2.94 bits per heavy atom. The highest BCUT2D eigenvalue weighted by Crippen LogP contribution is 2.11. The molecule has 7 nitrogen and oxygen atoms in total. The molecule has 3 heterocycles. The van der Waals surface area contributed by atoms with E-state index in [1.807, 2.05) is 13.0 Å². The van der Waals surface area contributed by atoms with E-state index in [0.717, 1.165) is 11.5 Å². The molecule has 3 rings (SSSR count). The smallest absolute Gasteiger partial charge is 0.254 e. The normalized spacial score (nSPS) is 11.1. The molecule has 0 aliphatic heterocycles. The number of fused-ring (bicyclic) bond motifs is 1. The van der Waals surface area contributed by atoms with Gasteiger partial charge in [0.2, 0.25) is 0 Å². The molecule has 0 fully saturated rings. The van der Waals surface area contributed by atoms with E-state index in [2.05, 4.69) is 20.2 Å². The molecular formula is C9H9N7. The molecule has 3 aromatic heterocycles. The van der Waals surface area contributed by atoms with E-state index in [0.29, 0.717) is 11.5 Å². The molecule has 0 saturated heterocycles. The number of nitrogen functional groups attached to an aromatic ring is 1. The molecule has 0 radical (unpaired) electrons. The molecule has 0 amide bonds. The van der Waals surface area contributed by atoms with Gasteiger partial charge in [-0.15, -0.1) is 0 Å². The first-order chi connectivity index (χ1) is 7.74. The molecule has 2 N–H and O–H groups in total. The number of hydrogen-bond acceptors (Lipinski definition) is 5. The quantitative estimate of drug-likeness (QED) is 0.626. The zero-order valence-corrected chi connectivity index (χ0v) is 8.57. The van der Waals surface area contributed by atoms with Crippen molar-refractivity contribution in [2.24, 2.45) is 0 Å². The standard InChI is InChI=1S/C9H9N7/c1-6-2-8(15-4-7(10)3-12-15)16-9(14-6)11-5-13-16/h2-5H,10H2,1H3. The van der Waals surface area contributed by atoms with Crippen LogP contribution in [0.2, 0.25) is 0 Å². The molecule has 0 saturated carbocycles. The van der Waals surface area contributed by atoms with Gasteiger partial charge < -0.3 is 5.73 Å². The fourth-order valence-corrected chi connectivity index (χ4v) is 1.54. The zero-order valence-electron chi connectivity index (χ0n) is 8.57. The van der Waals surface area contributed by atoms with Crippen molar-refractivity contribution in [3.05, 3.63) is 30.5 Å². The molecule has 0 aliphatic carbocycles. The summed E-state index contributed by atoms with van der Waals surface area (Å²) < 4.78 is 3.26. The maximum Gasteiger partial charge on any atom is 0.254 e. The molecule has 0 aliphatic rings. The summed E-state index contributed by atoms with van der Waals surface area (Å²) in [6, 6.07) is 1.87. The van der Waals surface area contributed by atoms with E-state index < -0.39 is 0 Å². The van der Waals surface area contributed by atoms with Gasteiger partial charge in [0.05, 0.1) is 18.1 Å². The van der Waals surface area contributed by atoms with Gasteiger partial charge in [-0.2, -0.15) is 19.7 Å². The third-order valence-corrected chi connectivity index (χ3v) is 2.20. The first kappa shape index (κ1) is 8.84. The van der Waals surface area contributed by atoms with Crippen LogP contribution in [0.1, 0.15) is 5.69 Å². The van der Waals surface area contributed by atoms with Crippen LogP contribution < -0.4 is 5.73 Å². The second-order valence-electron chi connectivity index (χ2n) is 3.45. The molecule has 80 valence electrons. The van der Waals surface area contributed by atoms with Crippen molar-refractivity contribution in [1.29, 1.82) is 0 Å². The van der Waals surface area contributed by atoms with Crippen LogP contribution in [0.4, 0.5) is 5.69 Å². The van der Waals surface area contributed by atoms with Crippen molar-refractivity contribution < 1.29 is 0 Å². The van der Waals surface area contributed by atoms with Gasteiger partial charge >= 0.3 is 0 Å². The predicted molar refractivity (Wildman–Crippen MR) is 57.1 cm³/mol. The largest absolute Gasteiger partial charge is 0.396 e. The lowest BCUT2D eigenvalue weighted by Gasteiger charge is -2.04. The molecule has 0 bridgehead atoms. The highest BCUT2D eigenvalue weighted by molar-refractivity contribution is 5.40. The van der Waals surface area contributed by atoms with Gasteiger partial charge in [0, 0.05) is 11.8 Å². The van der Waals surface area contributed by atoms with E-state index in [1.165, 1.54) is 6.33 Å². The monoisotopic (exact) mass is 215 g/mol. The summed E-state index contributed by atoms with van der Waals surface area (Å²) in [6.45, 7) is 1.89. The third kappa shape index (κ3) is 1.22. The third-order valence-electron chi connectivity index (χ3n) is 2.20. The highest BCUT2D eigenvalue weighted by Gasteiger charge is 2.07. The summed E-state index contributed by atoms with van der Waals surface area (Å²) in [7, 11) is 0. The SMILES string of the molecule is Cc1cc(-n2cc(N)cn2)n2ncnc2n1. The number of aryl methyl sites for hydroxylation is 1. The van der Waals surface area contributed by atoms with E-state index in [9.17, 15) is 0 Å². The molecule has 7 heteroatoms. The van der Waals surface area contributed by atoms with Crippen molar-refractivity contribution in [3.8, 4) is 5.82 Å². The number of nitrogens with zero attached hydrogens (tertiary/aromatic N) is 6. The molecule has 0 aromatic carbocycles. The Bertz CT molecular complexity index is 651. The van der Waals surface area contributed by atoms with Crippen molar-refractivity contribution in [3.63, 3.8) is 0 Å². The van der Waals surface area contributed by atoms with Gasteiger partial charge in [0.25, 0.3) is 5.78 Å². The van der Waals surface area contributed by atoms with Crippen LogP contribution in [0.3, 0.4) is 0 Å². The van der Waals surface area contributed by atoms with Gasteiger partial charge in [-0.25, -0.2) is 9.67 Å². The summed E-state index contributed by atoms with van der Waals surface area (Å²) in [4.78, 5) is 8.29. The van der Waals surface area contributed by atoms with Gasteiger partial charge in [0.1, 0.15) is 6.33 Å². The van der Waals surface area contributed by atoms with Crippen LogP contribution in [0.15, 0.2) is 24.8 Å². The van der Waals surface area contributed by atoms with E-state index in [-0.39, 0.29) is 0 Å². The second kappa shape index (κ2) is 3.02. The Balaban J connectivity index is 2.33. The average molecular weight is 215 g/mol. The summed E-state index contributed by atoms with van der Waals surface area (Å²) in [5.74, 6) is 1.31. The summed E-state index contributed by atoms with van der Waals surface area (Å²) >= 11 is 0. The summed E-state index contributed by atoms with van der Waals surface area (Å²) in [5, 5.41) is 8.22. The molecule has 16 heavy (non-hydrogen) atoms. The molecule has 0 spiro atoms. The van der Waals surface area contributed by atoms with Crippen molar-refractivity contribution >= 4 is 11.5 Å². The van der Waals surface area contributed by atoms with Gasteiger partial charge in [-0.05, 0) is 6.92 Å². The lowest BCUT2D eigenvalue weighted by molar-refractivity contribution is 0.777. The first-order valence-corrected chi connectivity index (χ1v) is 4.72. The van der Waals surface area contributed by atoms with Crippen LogP contribution in [-0.2, 0) is 0 Å². The van der Waals surface area contributed by atoms with Crippen molar-refractivity contribution in [1.82, 2.24) is 29.4 Å². The minimum Gasteiger partial charge on any atom is -0.396 e. The number of aromatic nitrogens is 6. The Morgan fingerprint density at radius 2 is 2.19 bits per heavy atom. The van der Waals surface area contributed by atoms with Crippen LogP contribution in [-0.4, -0.2) is 29.4 Å². The molecule has 0 atom stereocenters. The molecule has 3 aromatic rings. The van der Waals surface area contributed by atoms with Crippen LogP contribution in [0.5, 0.6) is 0 Å². The Labute approximate surface area is 90.5 Å². The Kier molecular flexibility index (Phi) is 1.67. The topological polar surface area (TPSA) is 86.9 Å². The highest BCUT2D eigenvalue weighted by atomic mass is 15.4.